The maximum absolute atomic E-state index is 12.2. The van der Waals surface area contributed by atoms with Crippen molar-refractivity contribution in [3.63, 3.8) is 0 Å². The molecule has 5 nitrogen and oxygen atoms in total. The lowest BCUT2D eigenvalue weighted by Gasteiger charge is -2.06. The number of hydrogen-bond donors (Lipinski definition) is 1. The van der Waals surface area contributed by atoms with Crippen molar-refractivity contribution in [1.29, 1.82) is 0 Å². The van der Waals surface area contributed by atoms with E-state index in [0.717, 1.165) is 21.0 Å². The summed E-state index contributed by atoms with van der Waals surface area (Å²) < 4.78 is 8.44. The van der Waals surface area contributed by atoms with Gasteiger partial charge in [-0.05, 0) is 29.8 Å². The van der Waals surface area contributed by atoms with Gasteiger partial charge in [0.05, 0.1) is 5.75 Å². The summed E-state index contributed by atoms with van der Waals surface area (Å²) in [5.74, 6) is 1.34. The van der Waals surface area contributed by atoms with Crippen LogP contribution < -0.4 is 5.32 Å². The van der Waals surface area contributed by atoms with Gasteiger partial charge in [-0.3, -0.25) is 4.79 Å². The van der Waals surface area contributed by atoms with Crippen molar-refractivity contribution in [3.05, 3.63) is 69.3 Å². The Labute approximate surface area is 162 Å². The quantitative estimate of drug-likeness (QED) is 0.567. The van der Waals surface area contributed by atoms with Crippen LogP contribution in [0.5, 0.6) is 0 Å². The van der Waals surface area contributed by atoms with Crippen molar-refractivity contribution in [1.82, 2.24) is 14.9 Å². The Hall–Kier alpha value is -1.70. The number of amides is 1. The molecule has 2 aromatic heterocycles. The second kappa shape index (κ2) is 8.12. The van der Waals surface area contributed by atoms with Gasteiger partial charge in [0.2, 0.25) is 0 Å². The third-order valence-corrected chi connectivity index (χ3v) is 5.39. The molecular formula is C17H15BrClN3O2S. The van der Waals surface area contributed by atoms with Crippen LogP contribution in [0.25, 0.3) is 0 Å². The predicted molar refractivity (Wildman–Crippen MR) is 102 cm³/mol. The Kier molecular flexibility index (Phi) is 5.88. The molecule has 130 valence electrons. The Bertz CT molecular complexity index is 894. The lowest BCUT2D eigenvalue weighted by atomic mass is 10.2. The largest absolute Gasteiger partial charge is 0.455 e. The van der Waals surface area contributed by atoms with Crippen LogP contribution in [0.1, 0.15) is 21.9 Å². The van der Waals surface area contributed by atoms with Gasteiger partial charge in [0.25, 0.3) is 5.91 Å². The van der Waals surface area contributed by atoms with Crippen molar-refractivity contribution in [2.75, 3.05) is 0 Å². The van der Waals surface area contributed by atoms with Crippen LogP contribution in [0.2, 0.25) is 5.02 Å². The Balaban J connectivity index is 1.56. The van der Waals surface area contributed by atoms with E-state index < -0.39 is 0 Å². The van der Waals surface area contributed by atoms with Gasteiger partial charge in [-0.25, -0.2) is 4.98 Å². The number of benzene rings is 1. The number of aromatic nitrogens is 2. The van der Waals surface area contributed by atoms with Crippen molar-refractivity contribution >= 4 is 45.2 Å². The minimum atomic E-state index is -0.271. The standard InChI is InChI=1S/C17H15BrClN3O2S/c1-22-7-6-20-17(22)25-10-13-4-5-15(24-13)16(23)21-9-11-2-3-12(18)8-14(11)19/h2-8H,9-10H2,1H3,(H,21,23). The highest BCUT2D eigenvalue weighted by Crippen LogP contribution is 2.23. The van der Waals surface area contributed by atoms with Crippen LogP contribution in [-0.2, 0) is 19.3 Å². The third-order valence-electron chi connectivity index (χ3n) is 3.46. The smallest absolute Gasteiger partial charge is 0.287 e. The monoisotopic (exact) mass is 439 g/mol. The van der Waals surface area contributed by atoms with E-state index in [9.17, 15) is 4.79 Å². The number of hydrogen-bond acceptors (Lipinski definition) is 4. The van der Waals surface area contributed by atoms with Crippen LogP contribution in [0.3, 0.4) is 0 Å². The number of nitrogens with one attached hydrogen (secondary N) is 1. The second-order valence-electron chi connectivity index (χ2n) is 5.29. The van der Waals surface area contributed by atoms with Crippen molar-refractivity contribution in [3.8, 4) is 0 Å². The molecule has 0 atom stereocenters. The lowest BCUT2D eigenvalue weighted by Crippen LogP contribution is -2.22. The van der Waals surface area contributed by atoms with Gasteiger partial charge in [0, 0.05) is 35.5 Å². The first-order chi connectivity index (χ1) is 12.0. The number of carbonyl (C=O) groups is 1. The van der Waals surface area contributed by atoms with Gasteiger partial charge in [-0.15, -0.1) is 0 Å². The molecule has 0 fully saturated rings. The molecule has 0 spiro atoms. The fourth-order valence-electron chi connectivity index (χ4n) is 2.13. The predicted octanol–water partition coefficient (Wildman–Crippen LogP) is 4.65. The number of imidazole rings is 1. The van der Waals surface area contributed by atoms with E-state index in [-0.39, 0.29) is 11.7 Å². The molecule has 2 heterocycles. The van der Waals surface area contributed by atoms with Gasteiger partial charge >= 0.3 is 0 Å². The van der Waals surface area contributed by atoms with E-state index in [2.05, 4.69) is 26.2 Å². The highest BCUT2D eigenvalue weighted by molar-refractivity contribution is 9.10. The van der Waals surface area contributed by atoms with Crippen LogP contribution >= 0.6 is 39.3 Å². The van der Waals surface area contributed by atoms with Crippen LogP contribution in [-0.4, -0.2) is 15.5 Å². The molecule has 3 aromatic rings. The molecule has 1 amide bonds. The van der Waals surface area contributed by atoms with Gasteiger partial charge in [0.15, 0.2) is 10.9 Å². The molecule has 0 radical (unpaired) electrons. The number of furan rings is 1. The average molecular weight is 441 g/mol. The van der Waals surface area contributed by atoms with Crippen LogP contribution in [0.4, 0.5) is 0 Å². The zero-order valence-electron chi connectivity index (χ0n) is 13.3. The summed E-state index contributed by atoms with van der Waals surface area (Å²) in [6.07, 6.45) is 3.63. The Morgan fingerprint density at radius 2 is 2.24 bits per heavy atom. The van der Waals surface area contributed by atoms with E-state index >= 15 is 0 Å². The van der Waals surface area contributed by atoms with E-state index in [1.807, 2.05) is 29.9 Å². The van der Waals surface area contributed by atoms with E-state index in [4.69, 9.17) is 16.0 Å². The summed E-state index contributed by atoms with van der Waals surface area (Å²) >= 11 is 11.1. The van der Waals surface area contributed by atoms with Crippen molar-refractivity contribution in [2.45, 2.75) is 17.5 Å². The molecule has 0 saturated carbocycles. The highest BCUT2D eigenvalue weighted by Gasteiger charge is 2.12. The lowest BCUT2D eigenvalue weighted by molar-refractivity contribution is 0.0922. The van der Waals surface area contributed by atoms with E-state index in [1.165, 1.54) is 0 Å². The number of carbonyl (C=O) groups excluding carboxylic acids is 1. The van der Waals surface area contributed by atoms with Gasteiger partial charge in [0.1, 0.15) is 5.76 Å². The molecule has 25 heavy (non-hydrogen) atoms. The molecule has 8 heteroatoms. The molecule has 0 aliphatic carbocycles. The zero-order chi connectivity index (χ0) is 17.8. The Morgan fingerprint density at radius 1 is 1.40 bits per heavy atom. The van der Waals surface area contributed by atoms with Crippen LogP contribution in [0, 0.1) is 0 Å². The summed E-state index contributed by atoms with van der Waals surface area (Å²) in [6.45, 7) is 0.336. The molecule has 1 N–H and O–H groups in total. The number of nitrogens with zero attached hydrogens (tertiary/aromatic N) is 2. The molecule has 0 unspecified atom stereocenters. The maximum Gasteiger partial charge on any atom is 0.287 e. The number of thioether (sulfide) groups is 1. The normalized spacial score (nSPS) is 10.8. The molecule has 3 rings (SSSR count). The fourth-order valence-corrected chi connectivity index (χ4v) is 3.70. The number of aryl methyl sites for hydroxylation is 1. The SMILES string of the molecule is Cn1ccnc1SCc1ccc(C(=O)NCc2ccc(Br)cc2Cl)o1. The average Bonchev–Trinajstić information content (AvgIpc) is 3.21. The minimum Gasteiger partial charge on any atom is -0.455 e. The maximum atomic E-state index is 12.2. The van der Waals surface area contributed by atoms with E-state index in [0.29, 0.717) is 17.3 Å². The van der Waals surface area contributed by atoms with E-state index in [1.54, 1.807) is 36.2 Å². The topological polar surface area (TPSA) is 60.1 Å². The number of halogens is 2. The molecule has 0 bridgehead atoms. The summed E-state index contributed by atoms with van der Waals surface area (Å²) in [4.78, 5) is 16.5. The van der Waals surface area contributed by atoms with Gasteiger partial charge in [-0.2, -0.15) is 0 Å². The zero-order valence-corrected chi connectivity index (χ0v) is 16.5. The Morgan fingerprint density at radius 3 is 2.96 bits per heavy atom. The van der Waals surface area contributed by atoms with Gasteiger partial charge in [-0.1, -0.05) is 45.4 Å². The fraction of sp³-hybridized carbons (Fsp3) is 0.176. The molecular weight excluding hydrogens is 426 g/mol. The molecule has 0 aliphatic heterocycles. The summed E-state index contributed by atoms with van der Waals surface area (Å²) in [6, 6.07) is 9.02. The van der Waals surface area contributed by atoms with Crippen LogP contribution in [0.15, 0.2) is 56.8 Å². The first kappa shape index (κ1) is 18.1. The van der Waals surface area contributed by atoms with Crippen molar-refractivity contribution in [2.24, 2.45) is 7.05 Å². The first-order valence-corrected chi connectivity index (χ1v) is 9.59. The summed E-state index contributed by atoms with van der Waals surface area (Å²) in [5.41, 5.74) is 0.843. The molecule has 0 saturated heterocycles. The third kappa shape index (κ3) is 4.68. The minimum absolute atomic E-state index is 0.271. The summed E-state index contributed by atoms with van der Waals surface area (Å²) in [7, 11) is 1.93. The highest BCUT2D eigenvalue weighted by atomic mass is 79.9. The summed E-state index contributed by atoms with van der Waals surface area (Å²) in [5, 5.41) is 4.31. The molecule has 0 aliphatic rings. The molecule has 1 aromatic carbocycles. The van der Waals surface area contributed by atoms with Gasteiger partial charge < -0.3 is 14.3 Å². The number of rotatable bonds is 6. The first-order valence-electron chi connectivity index (χ1n) is 7.44. The second-order valence-corrected chi connectivity index (χ2v) is 7.56. The van der Waals surface area contributed by atoms with Crippen molar-refractivity contribution < 1.29 is 9.21 Å².